The SMILES string of the molecule is CCC1=CC(CC(=O)O)(C(=O)OC)CCC1. The average Bonchev–Trinajstić information content (AvgIpc) is 2.27. The summed E-state index contributed by atoms with van der Waals surface area (Å²) in [4.78, 5) is 22.6. The zero-order chi connectivity index (χ0) is 12.2. The first-order chi connectivity index (χ1) is 7.54. The smallest absolute Gasteiger partial charge is 0.316 e. The van der Waals surface area contributed by atoms with Crippen LogP contribution in [0.1, 0.15) is 39.0 Å². The second-order valence-electron chi connectivity index (χ2n) is 4.23. The third-order valence-electron chi connectivity index (χ3n) is 3.11. The monoisotopic (exact) mass is 226 g/mol. The van der Waals surface area contributed by atoms with Crippen LogP contribution in [0, 0.1) is 5.41 Å². The van der Waals surface area contributed by atoms with Crippen LogP contribution < -0.4 is 0 Å². The van der Waals surface area contributed by atoms with E-state index < -0.39 is 17.4 Å². The maximum atomic E-state index is 11.8. The summed E-state index contributed by atoms with van der Waals surface area (Å²) in [6.07, 6.45) is 4.87. The lowest BCUT2D eigenvalue weighted by Gasteiger charge is -2.31. The van der Waals surface area contributed by atoms with Crippen molar-refractivity contribution in [1.29, 1.82) is 0 Å². The molecule has 0 saturated carbocycles. The minimum atomic E-state index is -0.959. The molecule has 90 valence electrons. The van der Waals surface area contributed by atoms with Gasteiger partial charge < -0.3 is 9.84 Å². The number of aliphatic carboxylic acids is 1. The molecule has 0 aromatic carbocycles. The normalized spacial score (nSPS) is 24.8. The second kappa shape index (κ2) is 5.14. The van der Waals surface area contributed by atoms with E-state index >= 15 is 0 Å². The summed E-state index contributed by atoms with van der Waals surface area (Å²) in [7, 11) is 1.31. The van der Waals surface area contributed by atoms with E-state index in [0.29, 0.717) is 6.42 Å². The minimum Gasteiger partial charge on any atom is -0.481 e. The molecule has 4 nitrogen and oxygen atoms in total. The molecule has 0 spiro atoms. The third-order valence-corrected chi connectivity index (χ3v) is 3.11. The van der Waals surface area contributed by atoms with E-state index in [1.807, 2.05) is 13.0 Å². The maximum absolute atomic E-state index is 11.8. The standard InChI is InChI=1S/C12H18O4/c1-3-9-5-4-6-12(7-9,8-10(13)14)11(15)16-2/h7H,3-6,8H2,1-2H3,(H,13,14). The Balaban J connectivity index is 3.03. The molecule has 0 fully saturated rings. The Morgan fingerprint density at radius 2 is 2.25 bits per heavy atom. The quantitative estimate of drug-likeness (QED) is 0.589. The van der Waals surface area contributed by atoms with Crippen LogP contribution in [-0.2, 0) is 14.3 Å². The van der Waals surface area contributed by atoms with Crippen LogP contribution in [-0.4, -0.2) is 24.2 Å². The summed E-state index contributed by atoms with van der Waals surface area (Å²) in [5, 5.41) is 8.90. The molecular weight excluding hydrogens is 208 g/mol. The van der Waals surface area contributed by atoms with Gasteiger partial charge in [0.1, 0.15) is 0 Å². The van der Waals surface area contributed by atoms with Crippen molar-refractivity contribution in [3.8, 4) is 0 Å². The van der Waals surface area contributed by atoms with Gasteiger partial charge in [-0.2, -0.15) is 0 Å². The van der Waals surface area contributed by atoms with Gasteiger partial charge in [0.05, 0.1) is 18.9 Å². The summed E-state index contributed by atoms with van der Waals surface area (Å²) in [5.41, 5.74) is 0.211. The molecule has 16 heavy (non-hydrogen) atoms. The molecule has 0 aliphatic heterocycles. The van der Waals surface area contributed by atoms with Crippen molar-refractivity contribution < 1.29 is 19.4 Å². The van der Waals surface area contributed by atoms with Crippen molar-refractivity contribution in [3.05, 3.63) is 11.6 Å². The molecule has 0 aromatic heterocycles. The highest BCUT2D eigenvalue weighted by Gasteiger charge is 2.41. The lowest BCUT2D eigenvalue weighted by molar-refractivity contribution is -0.156. The van der Waals surface area contributed by atoms with Gasteiger partial charge in [-0.1, -0.05) is 18.6 Å². The molecule has 4 heteroatoms. The Morgan fingerprint density at radius 1 is 1.56 bits per heavy atom. The van der Waals surface area contributed by atoms with E-state index in [2.05, 4.69) is 0 Å². The number of methoxy groups -OCH3 is 1. The van der Waals surface area contributed by atoms with Gasteiger partial charge in [-0.25, -0.2) is 0 Å². The zero-order valence-electron chi connectivity index (χ0n) is 9.78. The molecular formula is C12H18O4. The lowest BCUT2D eigenvalue weighted by Crippen LogP contribution is -2.35. The van der Waals surface area contributed by atoms with Crippen molar-refractivity contribution in [3.63, 3.8) is 0 Å². The van der Waals surface area contributed by atoms with Crippen molar-refractivity contribution in [2.45, 2.75) is 39.0 Å². The second-order valence-corrected chi connectivity index (χ2v) is 4.23. The van der Waals surface area contributed by atoms with Gasteiger partial charge in [0, 0.05) is 0 Å². The number of carboxylic acids is 1. The lowest BCUT2D eigenvalue weighted by atomic mass is 9.73. The van der Waals surface area contributed by atoms with Crippen LogP contribution >= 0.6 is 0 Å². The number of ether oxygens (including phenoxy) is 1. The Labute approximate surface area is 95.3 Å². The Kier molecular flexibility index (Phi) is 4.10. The predicted molar refractivity (Wildman–Crippen MR) is 58.9 cm³/mol. The summed E-state index contributed by atoms with van der Waals surface area (Å²) in [5.74, 6) is -1.39. The van der Waals surface area contributed by atoms with Crippen molar-refractivity contribution in [2.24, 2.45) is 5.41 Å². The maximum Gasteiger partial charge on any atom is 0.316 e. The van der Waals surface area contributed by atoms with Gasteiger partial charge in [-0.05, 0) is 25.7 Å². The van der Waals surface area contributed by atoms with E-state index in [4.69, 9.17) is 9.84 Å². The molecule has 0 bridgehead atoms. The van der Waals surface area contributed by atoms with Crippen LogP contribution in [0.4, 0.5) is 0 Å². The number of carbonyl (C=O) groups excluding carboxylic acids is 1. The number of rotatable bonds is 4. The number of allylic oxidation sites excluding steroid dienone is 1. The van der Waals surface area contributed by atoms with Crippen LogP contribution in [0.2, 0.25) is 0 Å². The van der Waals surface area contributed by atoms with Crippen molar-refractivity contribution in [1.82, 2.24) is 0 Å². The fraction of sp³-hybridized carbons (Fsp3) is 0.667. The molecule has 0 aromatic rings. The van der Waals surface area contributed by atoms with Crippen LogP contribution in [0.25, 0.3) is 0 Å². The molecule has 1 aliphatic rings. The molecule has 0 radical (unpaired) electrons. The predicted octanol–water partition coefficient (Wildman–Crippen LogP) is 2.14. The van der Waals surface area contributed by atoms with Gasteiger partial charge in [-0.15, -0.1) is 0 Å². The highest BCUT2D eigenvalue weighted by molar-refractivity contribution is 5.85. The molecule has 1 aliphatic carbocycles. The van der Waals surface area contributed by atoms with Gasteiger partial charge in [0.25, 0.3) is 0 Å². The van der Waals surface area contributed by atoms with Gasteiger partial charge in [0.2, 0.25) is 0 Å². The number of hydrogen-bond acceptors (Lipinski definition) is 3. The van der Waals surface area contributed by atoms with Crippen molar-refractivity contribution >= 4 is 11.9 Å². The first-order valence-corrected chi connectivity index (χ1v) is 5.55. The van der Waals surface area contributed by atoms with Crippen LogP contribution in [0.5, 0.6) is 0 Å². The molecule has 1 unspecified atom stereocenters. The Hall–Kier alpha value is -1.32. The summed E-state index contributed by atoms with van der Waals surface area (Å²) >= 11 is 0. The van der Waals surface area contributed by atoms with Gasteiger partial charge in [-0.3, -0.25) is 9.59 Å². The molecule has 1 rings (SSSR count). The Bertz CT molecular complexity index is 319. The zero-order valence-corrected chi connectivity index (χ0v) is 9.78. The van der Waals surface area contributed by atoms with E-state index in [1.54, 1.807) is 0 Å². The highest BCUT2D eigenvalue weighted by atomic mass is 16.5. The molecule has 1 atom stereocenters. The van der Waals surface area contributed by atoms with Crippen LogP contribution in [0.3, 0.4) is 0 Å². The number of carboxylic acid groups (broad SMARTS) is 1. The van der Waals surface area contributed by atoms with E-state index in [1.165, 1.54) is 7.11 Å². The first kappa shape index (κ1) is 12.7. The van der Waals surface area contributed by atoms with Gasteiger partial charge >= 0.3 is 11.9 Å². The molecule has 0 amide bonds. The molecule has 0 saturated heterocycles. The van der Waals surface area contributed by atoms with E-state index in [0.717, 1.165) is 24.8 Å². The summed E-state index contributed by atoms with van der Waals surface area (Å²) in [6, 6.07) is 0. The largest absolute Gasteiger partial charge is 0.481 e. The molecule has 0 heterocycles. The third kappa shape index (κ3) is 2.62. The first-order valence-electron chi connectivity index (χ1n) is 5.55. The number of hydrogen-bond donors (Lipinski definition) is 1. The summed E-state index contributed by atoms with van der Waals surface area (Å²) < 4.78 is 4.74. The van der Waals surface area contributed by atoms with Crippen molar-refractivity contribution in [2.75, 3.05) is 7.11 Å². The highest BCUT2D eigenvalue weighted by Crippen LogP contribution is 2.39. The fourth-order valence-electron chi connectivity index (χ4n) is 2.29. The number of esters is 1. The minimum absolute atomic E-state index is 0.177. The van der Waals surface area contributed by atoms with Gasteiger partial charge in [0.15, 0.2) is 0 Å². The average molecular weight is 226 g/mol. The number of carbonyl (C=O) groups is 2. The topological polar surface area (TPSA) is 63.6 Å². The van der Waals surface area contributed by atoms with E-state index in [9.17, 15) is 9.59 Å². The van der Waals surface area contributed by atoms with E-state index in [-0.39, 0.29) is 6.42 Å². The molecule has 1 N–H and O–H groups in total. The van der Waals surface area contributed by atoms with Crippen LogP contribution in [0.15, 0.2) is 11.6 Å². The Morgan fingerprint density at radius 3 is 2.75 bits per heavy atom. The summed E-state index contributed by atoms with van der Waals surface area (Å²) in [6.45, 7) is 2.01. The fourth-order valence-corrected chi connectivity index (χ4v) is 2.29.